The maximum Gasteiger partial charge on any atom is 0.265 e. The molecule has 8 rings (SSSR count). The average Bonchev–Trinajstić information content (AvgIpc) is 3.36. The third kappa shape index (κ3) is 4.82. The van der Waals surface area contributed by atoms with Crippen LogP contribution in [0.4, 0.5) is 0 Å². The number of allylic oxidation sites excluding steroid dienone is 4. The summed E-state index contributed by atoms with van der Waals surface area (Å²) in [6, 6.07) is 6.53. The Morgan fingerprint density at radius 1 is 1.07 bits per heavy atom. The number of carbonyl (C=O) groups is 2. The van der Waals surface area contributed by atoms with E-state index in [1.165, 1.54) is 24.8 Å². The van der Waals surface area contributed by atoms with Crippen molar-refractivity contribution in [2.45, 2.75) is 81.8 Å². The Kier molecular flexibility index (Phi) is 7.11. The lowest BCUT2D eigenvalue weighted by atomic mass is 9.72. The number of fused-ring (bicyclic) bond motifs is 7. The Labute approximate surface area is 264 Å². The molecule has 2 unspecified atom stereocenters. The molecule has 4 heterocycles. The number of aromatic nitrogens is 1. The van der Waals surface area contributed by atoms with Crippen LogP contribution >= 0.6 is 0 Å². The summed E-state index contributed by atoms with van der Waals surface area (Å²) in [5, 5.41) is 4.64. The average molecular weight is 631 g/mol. The first kappa shape index (κ1) is 29.2. The number of carbonyl (C=O) groups excluding carboxylic acids is 2. The number of Topliss-reactive ketones (excluding diaryl/α,β-unsaturated/α-hetero) is 1. The first-order valence-corrected chi connectivity index (χ1v) is 18.5. The number of nitrogens with zero attached hydrogens (tertiary/aromatic N) is 2. The number of ketones is 1. The molecule has 0 bridgehead atoms. The molecule has 9 nitrogen and oxygen atoms in total. The minimum absolute atomic E-state index is 0.216. The normalized spacial score (nSPS) is 28.3. The number of piperazine rings is 1. The molecule has 2 saturated heterocycles. The number of rotatable bonds is 6. The van der Waals surface area contributed by atoms with Crippen molar-refractivity contribution in [3.8, 4) is 5.75 Å². The van der Waals surface area contributed by atoms with E-state index < -0.39 is 15.9 Å². The van der Waals surface area contributed by atoms with Crippen LogP contribution in [0.15, 0.2) is 52.6 Å². The van der Waals surface area contributed by atoms with Crippen LogP contribution in [0.5, 0.6) is 5.75 Å². The van der Waals surface area contributed by atoms with Gasteiger partial charge in [-0.05, 0) is 79.0 Å². The van der Waals surface area contributed by atoms with Crippen molar-refractivity contribution in [2.75, 3.05) is 33.0 Å². The van der Waals surface area contributed by atoms with Crippen LogP contribution in [0.1, 0.15) is 74.5 Å². The minimum atomic E-state index is -3.74. The highest BCUT2D eigenvalue weighted by atomic mass is 32.2. The molecule has 3 aliphatic carbocycles. The van der Waals surface area contributed by atoms with Crippen LogP contribution in [0.25, 0.3) is 10.9 Å². The van der Waals surface area contributed by atoms with Crippen molar-refractivity contribution >= 4 is 32.6 Å². The molecule has 2 aromatic rings. The van der Waals surface area contributed by atoms with Gasteiger partial charge in [0.25, 0.3) is 5.91 Å². The van der Waals surface area contributed by atoms with E-state index in [9.17, 15) is 18.0 Å². The topological polar surface area (TPSA) is 110 Å². The molecule has 3 aliphatic heterocycles. The highest BCUT2D eigenvalue weighted by Crippen LogP contribution is 2.55. The summed E-state index contributed by atoms with van der Waals surface area (Å²) in [6.45, 7) is 3.28. The van der Waals surface area contributed by atoms with Crippen molar-refractivity contribution in [3.05, 3.63) is 63.9 Å². The van der Waals surface area contributed by atoms with Crippen molar-refractivity contribution < 1.29 is 22.7 Å². The van der Waals surface area contributed by atoms with Crippen LogP contribution in [0.2, 0.25) is 0 Å². The standard InChI is InChI=1S/C35H42N4O5S/c1-44-28-14-13-21(20-8-4-3-5-9-20)33-24(28)18-27-29-22(30-25(19-39(27)33)31(30)35(41)37-45(2,42)43)10-6-11-23(29)34(40)32-26-12-7-16-38(26)17-15-36-32/h6,10,13-14,18,20,23,26,29,32,36H,3-5,7-9,11-12,15-17,19H2,1-2H3,(H,37,41)/t23-,26+,29?,32?/m1/s1. The molecule has 3 fully saturated rings. The van der Waals surface area contributed by atoms with Gasteiger partial charge in [0.05, 0.1) is 30.5 Å². The quantitative estimate of drug-likeness (QED) is 0.496. The van der Waals surface area contributed by atoms with Gasteiger partial charge >= 0.3 is 0 Å². The number of ether oxygens (including phenoxy) is 1. The number of hydrogen-bond acceptors (Lipinski definition) is 7. The van der Waals surface area contributed by atoms with Crippen molar-refractivity contribution in [3.63, 3.8) is 0 Å². The molecule has 1 aromatic carbocycles. The summed E-state index contributed by atoms with van der Waals surface area (Å²) < 4.78 is 34.7. The Bertz CT molecular complexity index is 1810. The number of amides is 1. The fraction of sp³-hybridized carbons (Fsp3) is 0.543. The molecule has 4 atom stereocenters. The van der Waals surface area contributed by atoms with Crippen LogP contribution in [0.3, 0.4) is 0 Å². The van der Waals surface area contributed by atoms with Gasteiger partial charge in [-0.25, -0.2) is 13.1 Å². The van der Waals surface area contributed by atoms with E-state index in [1.807, 2.05) is 0 Å². The summed E-state index contributed by atoms with van der Waals surface area (Å²) >= 11 is 0. The lowest BCUT2D eigenvalue weighted by Gasteiger charge is -2.40. The van der Waals surface area contributed by atoms with Crippen molar-refractivity contribution in [1.29, 1.82) is 0 Å². The van der Waals surface area contributed by atoms with E-state index in [2.05, 4.69) is 49.9 Å². The van der Waals surface area contributed by atoms with Crippen molar-refractivity contribution in [2.24, 2.45) is 5.92 Å². The van der Waals surface area contributed by atoms with Crippen LogP contribution < -0.4 is 14.8 Å². The predicted octanol–water partition coefficient (Wildman–Crippen LogP) is 4.06. The highest BCUT2D eigenvalue weighted by molar-refractivity contribution is 7.89. The molecular formula is C35H42N4O5S. The largest absolute Gasteiger partial charge is 0.496 e. The van der Waals surface area contributed by atoms with Crippen LogP contribution in [0, 0.1) is 5.92 Å². The van der Waals surface area contributed by atoms with Gasteiger partial charge in [0.15, 0.2) is 5.78 Å². The number of benzene rings is 1. The lowest BCUT2D eigenvalue weighted by Crippen LogP contribution is -2.60. The Hall–Kier alpha value is -3.21. The predicted molar refractivity (Wildman–Crippen MR) is 173 cm³/mol. The second kappa shape index (κ2) is 11.0. The summed E-state index contributed by atoms with van der Waals surface area (Å²) in [6.07, 6.45) is 13.9. The summed E-state index contributed by atoms with van der Waals surface area (Å²) in [5.74, 6) is 0.333. The number of hydrogen-bond donors (Lipinski definition) is 2. The zero-order valence-electron chi connectivity index (χ0n) is 26.1. The molecule has 45 heavy (non-hydrogen) atoms. The maximum atomic E-state index is 14.7. The fourth-order valence-electron chi connectivity index (χ4n) is 9.29. The SMILES string of the molecule is COc1ccc(C2CCCCC2)c2c1cc1n2CC2=C(C(=O)NS(C)(=O)=O)C2=C2C=CC[C@@H](C(=O)C3NCCN4CCC[C@@H]34)C21. The van der Waals surface area contributed by atoms with Crippen molar-refractivity contribution in [1.82, 2.24) is 19.5 Å². The molecule has 6 aliphatic rings. The Morgan fingerprint density at radius 3 is 2.67 bits per heavy atom. The summed E-state index contributed by atoms with van der Waals surface area (Å²) in [7, 11) is -2.03. The van der Waals surface area contributed by atoms with Gasteiger partial charge in [-0.15, -0.1) is 0 Å². The lowest BCUT2D eigenvalue weighted by molar-refractivity contribution is -0.127. The fourth-order valence-corrected chi connectivity index (χ4v) is 9.73. The molecular weight excluding hydrogens is 588 g/mol. The smallest absolute Gasteiger partial charge is 0.265 e. The molecule has 2 N–H and O–H groups in total. The number of nitrogens with one attached hydrogen (secondary N) is 2. The van der Waals surface area contributed by atoms with Gasteiger partial charge in [0.2, 0.25) is 10.0 Å². The van der Waals surface area contributed by atoms with E-state index in [0.29, 0.717) is 24.5 Å². The molecule has 1 saturated carbocycles. The maximum absolute atomic E-state index is 14.7. The number of methoxy groups -OCH3 is 1. The van der Waals surface area contributed by atoms with E-state index >= 15 is 0 Å². The van der Waals surface area contributed by atoms with E-state index in [4.69, 9.17) is 4.74 Å². The third-order valence-corrected chi connectivity index (χ3v) is 11.8. The monoisotopic (exact) mass is 630 g/mol. The van der Waals surface area contributed by atoms with Gasteiger partial charge in [0, 0.05) is 48.6 Å². The number of sulfonamides is 1. The first-order valence-electron chi connectivity index (χ1n) is 16.6. The highest BCUT2D eigenvalue weighted by Gasteiger charge is 2.49. The molecule has 1 aromatic heterocycles. The Morgan fingerprint density at radius 2 is 1.89 bits per heavy atom. The van der Waals surface area contributed by atoms with Crippen LogP contribution in [-0.4, -0.2) is 74.7 Å². The molecule has 1 amide bonds. The molecule has 10 heteroatoms. The van der Waals surface area contributed by atoms with E-state index in [0.717, 1.165) is 90.6 Å². The van der Waals surface area contributed by atoms with Gasteiger partial charge in [0.1, 0.15) is 5.75 Å². The zero-order valence-corrected chi connectivity index (χ0v) is 26.9. The molecule has 0 radical (unpaired) electrons. The molecule has 238 valence electrons. The van der Waals surface area contributed by atoms with Gasteiger partial charge in [-0.2, -0.15) is 0 Å². The van der Waals surface area contributed by atoms with Gasteiger partial charge in [-0.3, -0.25) is 14.5 Å². The summed E-state index contributed by atoms with van der Waals surface area (Å²) in [4.78, 5) is 30.5. The second-order valence-electron chi connectivity index (χ2n) is 13.8. The summed E-state index contributed by atoms with van der Waals surface area (Å²) in [5.41, 5.74) is 6.59. The molecule has 0 spiro atoms. The third-order valence-electron chi connectivity index (χ3n) is 11.2. The zero-order chi connectivity index (χ0) is 31.0. The first-order chi connectivity index (χ1) is 21.7. The second-order valence-corrected chi connectivity index (χ2v) is 15.5. The van der Waals surface area contributed by atoms with Gasteiger partial charge < -0.3 is 14.6 Å². The van der Waals surface area contributed by atoms with Gasteiger partial charge in [-0.1, -0.05) is 37.5 Å². The Balaban J connectivity index is 1.31. The minimum Gasteiger partial charge on any atom is -0.496 e. The van der Waals surface area contributed by atoms with E-state index in [-0.39, 0.29) is 29.7 Å². The van der Waals surface area contributed by atoms with Crippen LogP contribution in [-0.2, 0) is 26.2 Å². The van der Waals surface area contributed by atoms with E-state index in [1.54, 1.807) is 7.11 Å².